The van der Waals surface area contributed by atoms with Crippen LogP contribution in [-0.2, 0) is 0 Å². The maximum atomic E-state index is 11.6. The normalized spacial score (nSPS) is 10.6. The van der Waals surface area contributed by atoms with Gasteiger partial charge in [-0.05, 0) is 43.3 Å². The third-order valence-corrected chi connectivity index (χ3v) is 2.41. The summed E-state index contributed by atoms with van der Waals surface area (Å²) in [6.07, 6.45) is 4.48. The van der Waals surface area contributed by atoms with Gasteiger partial charge in [-0.1, -0.05) is 0 Å². The summed E-state index contributed by atoms with van der Waals surface area (Å²) in [7, 11) is 0. The Hall–Kier alpha value is -2.49. The number of hydrogen-bond acceptors (Lipinski definition) is 4. The van der Waals surface area contributed by atoms with Crippen molar-refractivity contribution in [3.05, 3.63) is 60.7 Å². The Morgan fingerprint density at radius 2 is 2.11 bits per heavy atom. The number of carbonyl (C=O) groups excluding carboxylic acids is 1. The van der Waals surface area contributed by atoms with Gasteiger partial charge in [0.1, 0.15) is 5.75 Å². The highest BCUT2D eigenvalue weighted by Gasteiger charge is 2.02. The minimum absolute atomic E-state index is 0.177. The van der Waals surface area contributed by atoms with E-state index < -0.39 is 0 Å². The van der Waals surface area contributed by atoms with Crippen LogP contribution in [-0.4, -0.2) is 12.4 Å². The first kappa shape index (κ1) is 13.0. The van der Waals surface area contributed by atoms with Gasteiger partial charge in [-0.25, -0.2) is 0 Å². The van der Waals surface area contributed by atoms with Crippen LogP contribution in [0.1, 0.15) is 17.5 Å². The number of benzene rings is 1. The fraction of sp³-hybridized carbons (Fsp3) is 0.133. The zero-order valence-electron chi connectivity index (χ0n) is 10.6. The van der Waals surface area contributed by atoms with E-state index in [1.165, 1.54) is 12.3 Å². The fourth-order valence-corrected chi connectivity index (χ4v) is 1.53. The van der Waals surface area contributed by atoms with Gasteiger partial charge in [0.05, 0.1) is 12.9 Å². The van der Waals surface area contributed by atoms with Crippen LogP contribution in [0.15, 0.2) is 59.4 Å². The van der Waals surface area contributed by atoms with E-state index >= 15 is 0 Å². The van der Waals surface area contributed by atoms with Gasteiger partial charge in [0.2, 0.25) is 5.78 Å². The molecular formula is C15H15NO3. The molecule has 4 heteroatoms. The Morgan fingerprint density at radius 1 is 1.32 bits per heavy atom. The Bertz CT molecular complexity index is 541. The molecule has 0 spiro atoms. The van der Waals surface area contributed by atoms with Crippen molar-refractivity contribution in [2.24, 2.45) is 0 Å². The van der Waals surface area contributed by atoms with Crippen molar-refractivity contribution in [2.45, 2.75) is 6.92 Å². The first-order valence-corrected chi connectivity index (χ1v) is 6.03. The van der Waals surface area contributed by atoms with Crippen LogP contribution >= 0.6 is 0 Å². The molecule has 98 valence electrons. The number of ether oxygens (including phenoxy) is 1. The van der Waals surface area contributed by atoms with Crippen molar-refractivity contribution in [1.29, 1.82) is 0 Å². The third-order valence-electron chi connectivity index (χ3n) is 2.41. The molecule has 0 aliphatic rings. The van der Waals surface area contributed by atoms with Crippen LogP contribution in [0.5, 0.6) is 5.75 Å². The molecule has 0 unspecified atom stereocenters. The van der Waals surface area contributed by atoms with Crippen molar-refractivity contribution in [2.75, 3.05) is 11.9 Å². The number of nitrogens with one attached hydrogen (secondary N) is 1. The quantitative estimate of drug-likeness (QED) is 0.635. The van der Waals surface area contributed by atoms with Gasteiger partial charge in [0, 0.05) is 18.0 Å². The molecule has 0 radical (unpaired) electrons. The Labute approximate surface area is 111 Å². The summed E-state index contributed by atoms with van der Waals surface area (Å²) >= 11 is 0. The first-order chi connectivity index (χ1) is 9.29. The molecule has 1 aromatic heterocycles. The summed E-state index contributed by atoms with van der Waals surface area (Å²) in [4.78, 5) is 11.6. The summed E-state index contributed by atoms with van der Waals surface area (Å²) in [6, 6.07) is 10.8. The van der Waals surface area contributed by atoms with E-state index in [2.05, 4.69) is 5.32 Å². The van der Waals surface area contributed by atoms with Gasteiger partial charge in [-0.2, -0.15) is 0 Å². The maximum Gasteiger partial charge on any atom is 0.222 e. The molecule has 0 amide bonds. The number of carbonyl (C=O) groups is 1. The second-order valence-electron chi connectivity index (χ2n) is 3.78. The molecule has 1 N–H and O–H groups in total. The number of ketones is 1. The number of furan rings is 1. The molecule has 0 fully saturated rings. The van der Waals surface area contributed by atoms with Crippen molar-refractivity contribution in [3.63, 3.8) is 0 Å². The highest BCUT2D eigenvalue weighted by molar-refractivity contribution is 6.02. The average Bonchev–Trinajstić information content (AvgIpc) is 2.95. The summed E-state index contributed by atoms with van der Waals surface area (Å²) in [5.41, 5.74) is 0.881. The summed E-state index contributed by atoms with van der Waals surface area (Å²) in [5, 5.41) is 3.01. The standard InChI is InChI=1S/C15H15NO3/c1-2-18-13-7-5-12(6-8-13)16-10-9-14(17)15-4-3-11-19-15/h3-11,16H,2H2,1H3/b10-9-. The molecule has 4 nitrogen and oxygen atoms in total. The van der Waals surface area contributed by atoms with Crippen LogP contribution in [0.2, 0.25) is 0 Å². The van der Waals surface area contributed by atoms with Crippen molar-refractivity contribution >= 4 is 11.5 Å². The van der Waals surface area contributed by atoms with Crippen molar-refractivity contribution in [3.8, 4) is 5.75 Å². The van der Waals surface area contributed by atoms with Crippen molar-refractivity contribution < 1.29 is 13.9 Å². The van der Waals surface area contributed by atoms with Crippen molar-refractivity contribution in [1.82, 2.24) is 0 Å². The van der Waals surface area contributed by atoms with Gasteiger partial charge < -0.3 is 14.5 Å². The molecule has 0 saturated carbocycles. The van der Waals surface area contributed by atoms with E-state index in [9.17, 15) is 4.79 Å². The monoisotopic (exact) mass is 257 g/mol. The van der Waals surface area contributed by atoms with E-state index in [-0.39, 0.29) is 5.78 Å². The van der Waals surface area contributed by atoms with E-state index in [4.69, 9.17) is 9.15 Å². The summed E-state index contributed by atoms with van der Waals surface area (Å²) in [5.74, 6) is 0.969. The van der Waals surface area contributed by atoms with Crippen LogP contribution in [0.4, 0.5) is 5.69 Å². The SMILES string of the molecule is CCOc1ccc(N/C=C\C(=O)c2ccco2)cc1. The van der Waals surface area contributed by atoms with Gasteiger partial charge in [0.15, 0.2) is 5.76 Å². The molecule has 0 bridgehead atoms. The van der Waals surface area contributed by atoms with Gasteiger partial charge >= 0.3 is 0 Å². The minimum atomic E-state index is -0.177. The van der Waals surface area contributed by atoms with E-state index in [0.29, 0.717) is 12.4 Å². The highest BCUT2D eigenvalue weighted by Crippen LogP contribution is 2.15. The van der Waals surface area contributed by atoms with Crippen LogP contribution < -0.4 is 10.1 Å². The molecular weight excluding hydrogens is 242 g/mol. The molecule has 1 aromatic carbocycles. The summed E-state index contributed by atoms with van der Waals surface area (Å²) < 4.78 is 10.3. The van der Waals surface area contributed by atoms with E-state index in [0.717, 1.165) is 11.4 Å². The van der Waals surface area contributed by atoms with Crippen LogP contribution in [0.3, 0.4) is 0 Å². The Kier molecular flexibility index (Phi) is 4.39. The Morgan fingerprint density at radius 3 is 2.74 bits per heavy atom. The molecule has 1 heterocycles. The van der Waals surface area contributed by atoms with E-state index in [1.54, 1.807) is 18.3 Å². The van der Waals surface area contributed by atoms with E-state index in [1.807, 2.05) is 31.2 Å². The summed E-state index contributed by atoms with van der Waals surface area (Å²) in [6.45, 7) is 2.58. The van der Waals surface area contributed by atoms with Gasteiger partial charge in [0.25, 0.3) is 0 Å². The predicted octanol–water partition coefficient (Wildman–Crippen LogP) is 3.49. The maximum absolute atomic E-state index is 11.6. The van der Waals surface area contributed by atoms with Gasteiger partial charge in [-0.3, -0.25) is 4.79 Å². The number of allylic oxidation sites excluding steroid dienone is 1. The van der Waals surface area contributed by atoms with Crippen LogP contribution in [0.25, 0.3) is 0 Å². The lowest BCUT2D eigenvalue weighted by Gasteiger charge is -2.04. The topological polar surface area (TPSA) is 51.5 Å². The first-order valence-electron chi connectivity index (χ1n) is 6.03. The second kappa shape index (κ2) is 6.44. The fourth-order valence-electron chi connectivity index (χ4n) is 1.53. The lowest BCUT2D eigenvalue weighted by atomic mass is 10.3. The lowest BCUT2D eigenvalue weighted by Crippen LogP contribution is -1.95. The smallest absolute Gasteiger partial charge is 0.222 e. The number of rotatable bonds is 6. The molecule has 0 atom stereocenters. The molecule has 0 aliphatic carbocycles. The van der Waals surface area contributed by atoms with Crippen LogP contribution in [0, 0.1) is 0 Å². The molecule has 19 heavy (non-hydrogen) atoms. The molecule has 2 rings (SSSR count). The predicted molar refractivity (Wildman–Crippen MR) is 73.4 cm³/mol. The molecule has 0 saturated heterocycles. The minimum Gasteiger partial charge on any atom is -0.494 e. The second-order valence-corrected chi connectivity index (χ2v) is 3.78. The zero-order chi connectivity index (χ0) is 13.5. The Balaban J connectivity index is 1.89. The third kappa shape index (κ3) is 3.74. The highest BCUT2D eigenvalue weighted by atomic mass is 16.5. The lowest BCUT2D eigenvalue weighted by molar-refractivity contribution is 0.102. The van der Waals surface area contributed by atoms with Gasteiger partial charge in [-0.15, -0.1) is 0 Å². The zero-order valence-corrected chi connectivity index (χ0v) is 10.6. The average molecular weight is 257 g/mol. The number of anilines is 1. The largest absolute Gasteiger partial charge is 0.494 e. The number of hydrogen-bond donors (Lipinski definition) is 1. The molecule has 2 aromatic rings. The molecule has 0 aliphatic heterocycles.